The lowest BCUT2D eigenvalue weighted by atomic mass is 9.99. The number of rotatable bonds is 3. The summed E-state index contributed by atoms with van der Waals surface area (Å²) in [5.41, 5.74) is 6.89. The molecule has 0 aliphatic heterocycles. The molecule has 0 aromatic carbocycles. The first-order valence-electron chi connectivity index (χ1n) is 7.30. The van der Waals surface area contributed by atoms with Crippen molar-refractivity contribution < 1.29 is 4.52 Å². The summed E-state index contributed by atoms with van der Waals surface area (Å²) in [4.78, 5) is 11.3. The Bertz CT molecular complexity index is 784. The summed E-state index contributed by atoms with van der Waals surface area (Å²) >= 11 is 3.27. The van der Waals surface area contributed by atoms with E-state index in [0.717, 1.165) is 46.1 Å². The molecule has 0 radical (unpaired) electrons. The molecule has 1 aliphatic rings. The largest absolute Gasteiger partial charge is 0.333 e. The molecule has 2 N–H and O–H groups in total. The van der Waals surface area contributed by atoms with Crippen molar-refractivity contribution in [3.63, 3.8) is 0 Å². The zero-order valence-electron chi connectivity index (χ0n) is 12.2. The Morgan fingerprint density at radius 3 is 2.82 bits per heavy atom. The van der Waals surface area contributed by atoms with Crippen LogP contribution in [-0.4, -0.2) is 15.1 Å². The molecule has 3 heterocycles. The zero-order chi connectivity index (χ0) is 15.2. The van der Waals surface area contributed by atoms with Crippen LogP contribution in [0.25, 0.3) is 20.7 Å². The second-order valence-electron chi connectivity index (χ2n) is 5.70. The quantitative estimate of drug-likeness (QED) is 0.785. The van der Waals surface area contributed by atoms with E-state index in [9.17, 15) is 0 Å². The summed E-state index contributed by atoms with van der Waals surface area (Å²) in [6, 6.07) is 4.10. The van der Waals surface area contributed by atoms with Gasteiger partial charge in [0.25, 0.3) is 5.89 Å². The van der Waals surface area contributed by atoms with E-state index < -0.39 is 5.54 Å². The smallest absolute Gasteiger partial charge is 0.270 e. The fourth-order valence-corrected chi connectivity index (χ4v) is 4.63. The van der Waals surface area contributed by atoms with E-state index in [1.54, 1.807) is 22.7 Å². The van der Waals surface area contributed by atoms with Crippen LogP contribution in [0.5, 0.6) is 0 Å². The first kappa shape index (κ1) is 14.0. The number of aryl methyl sites for hydroxylation is 1. The Hall–Kier alpha value is -1.57. The van der Waals surface area contributed by atoms with Gasteiger partial charge in [0.2, 0.25) is 0 Å². The SMILES string of the molecule is Cc1nc(-c2cccs2)sc1-c1nc(C2(N)CCCC2)no1. The normalized spacial score (nSPS) is 17.2. The number of thiophene rings is 1. The number of hydrogen-bond acceptors (Lipinski definition) is 7. The van der Waals surface area contributed by atoms with E-state index in [-0.39, 0.29) is 0 Å². The maximum Gasteiger partial charge on any atom is 0.270 e. The standard InChI is InChI=1S/C15H16N4OS2/c1-9-11(22-13(17-9)10-5-4-8-21-10)12-18-14(19-20-12)15(16)6-2-3-7-15/h4-5,8H,2-3,6-7,16H2,1H3. The lowest BCUT2D eigenvalue weighted by molar-refractivity contribution is 0.373. The highest BCUT2D eigenvalue weighted by Gasteiger charge is 2.36. The monoisotopic (exact) mass is 332 g/mol. The predicted octanol–water partition coefficient (Wildman–Crippen LogP) is 3.96. The van der Waals surface area contributed by atoms with E-state index in [1.807, 2.05) is 13.0 Å². The van der Waals surface area contributed by atoms with Gasteiger partial charge in [-0.15, -0.1) is 22.7 Å². The van der Waals surface area contributed by atoms with Crippen LogP contribution in [0.15, 0.2) is 22.0 Å². The van der Waals surface area contributed by atoms with Gasteiger partial charge in [0, 0.05) is 0 Å². The maximum absolute atomic E-state index is 6.40. The third-order valence-corrected chi connectivity index (χ3v) is 6.27. The van der Waals surface area contributed by atoms with Crippen molar-refractivity contribution >= 4 is 22.7 Å². The van der Waals surface area contributed by atoms with Crippen molar-refractivity contribution in [2.75, 3.05) is 0 Å². The van der Waals surface area contributed by atoms with Gasteiger partial charge in [0.1, 0.15) is 9.88 Å². The van der Waals surface area contributed by atoms with Crippen LogP contribution in [0.3, 0.4) is 0 Å². The van der Waals surface area contributed by atoms with Gasteiger partial charge in [0.15, 0.2) is 5.82 Å². The molecule has 3 aromatic rings. The summed E-state index contributed by atoms with van der Waals surface area (Å²) in [5, 5.41) is 7.17. The molecular formula is C15H16N4OS2. The minimum absolute atomic E-state index is 0.420. The number of hydrogen-bond donors (Lipinski definition) is 1. The molecule has 0 unspecified atom stereocenters. The molecule has 0 amide bonds. The number of nitrogens with two attached hydrogens (primary N) is 1. The van der Waals surface area contributed by atoms with E-state index in [0.29, 0.717) is 11.7 Å². The van der Waals surface area contributed by atoms with Crippen LogP contribution in [0.4, 0.5) is 0 Å². The average molecular weight is 332 g/mol. The Morgan fingerprint density at radius 2 is 2.09 bits per heavy atom. The molecule has 7 heteroatoms. The highest BCUT2D eigenvalue weighted by Crippen LogP contribution is 2.39. The van der Waals surface area contributed by atoms with Crippen molar-refractivity contribution in [2.24, 2.45) is 5.73 Å². The van der Waals surface area contributed by atoms with Gasteiger partial charge in [-0.2, -0.15) is 4.98 Å². The highest BCUT2D eigenvalue weighted by molar-refractivity contribution is 7.22. The Morgan fingerprint density at radius 1 is 1.27 bits per heavy atom. The molecule has 4 rings (SSSR count). The van der Waals surface area contributed by atoms with Gasteiger partial charge >= 0.3 is 0 Å². The van der Waals surface area contributed by atoms with Crippen molar-refractivity contribution in [2.45, 2.75) is 38.1 Å². The molecule has 1 aliphatic carbocycles. The summed E-state index contributed by atoms with van der Waals surface area (Å²) < 4.78 is 5.47. The number of aromatic nitrogens is 3. The Labute approximate surface area is 136 Å². The molecule has 1 fully saturated rings. The predicted molar refractivity (Wildman–Crippen MR) is 87.8 cm³/mol. The molecule has 22 heavy (non-hydrogen) atoms. The highest BCUT2D eigenvalue weighted by atomic mass is 32.1. The summed E-state index contributed by atoms with van der Waals surface area (Å²) in [5.74, 6) is 1.16. The molecular weight excluding hydrogens is 316 g/mol. The Kier molecular flexibility index (Phi) is 3.36. The molecule has 0 saturated heterocycles. The van der Waals surface area contributed by atoms with Crippen LogP contribution < -0.4 is 5.73 Å². The van der Waals surface area contributed by atoms with Gasteiger partial charge in [0.05, 0.1) is 16.1 Å². The fourth-order valence-electron chi connectivity index (χ4n) is 2.85. The number of nitrogens with zero attached hydrogens (tertiary/aromatic N) is 3. The first-order valence-corrected chi connectivity index (χ1v) is 9.00. The van der Waals surface area contributed by atoms with E-state index in [1.165, 1.54) is 0 Å². The lowest BCUT2D eigenvalue weighted by Crippen LogP contribution is -2.34. The van der Waals surface area contributed by atoms with E-state index in [2.05, 4.69) is 26.6 Å². The summed E-state index contributed by atoms with van der Waals surface area (Å²) in [6.07, 6.45) is 4.10. The van der Waals surface area contributed by atoms with Crippen molar-refractivity contribution in [1.29, 1.82) is 0 Å². The van der Waals surface area contributed by atoms with Crippen LogP contribution in [0.1, 0.15) is 37.2 Å². The van der Waals surface area contributed by atoms with Gasteiger partial charge in [-0.3, -0.25) is 0 Å². The van der Waals surface area contributed by atoms with E-state index in [4.69, 9.17) is 10.3 Å². The third-order valence-electron chi connectivity index (χ3n) is 4.09. The minimum atomic E-state index is -0.420. The van der Waals surface area contributed by atoms with Crippen LogP contribution in [-0.2, 0) is 5.54 Å². The Balaban J connectivity index is 1.69. The van der Waals surface area contributed by atoms with Crippen LogP contribution in [0.2, 0.25) is 0 Å². The minimum Gasteiger partial charge on any atom is -0.333 e. The fraction of sp³-hybridized carbons (Fsp3) is 0.400. The lowest BCUT2D eigenvalue weighted by Gasteiger charge is -2.17. The second kappa shape index (κ2) is 5.26. The zero-order valence-corrected chi connectivity index (χ0v) is 13.8. The topological polar surface area (TPSA) is 77.8 Å². The second-order valence-corrected chi connectivity index (χ2v) is 7.64. The van der Waals surface area contributed by atoms with Crippen molar-refractivity contribution in [1.82, 2.24) is 15.1 Å². The average Bonchev–Trinajstić information content (AvgIpc) is 3.25. The molecule has 3 aromatic heterocycles. The van der Waals surface area contributed by atoms with Gasteiger partial charge < -0.3 is 10.3 Å². The number of thiazole rings is 1. The molecule has 0 atom stereocenters. The van der Waals surface area contributed by atoms with Gasteiger partial charge in [-0.05, 0) is 31.2 Å². The molecule has 0 bridgehead atoms. The van der Waals surface area contributed by atoms with E-state index >= 15 is 0 Å². The third kappa shape index (κ3) is 2.29. The molecule has 1 saturated carbocycles. The van der Waals surface area contributed by atoms with Crippen molar-refractivity contribution in [3.8, 4) is 20.7 Å². The summed E-state index contributed by atoms with van der Waals surface area (Å²) in [7, 11) is 0. The first-order chi connectivity index (χ1) is 10.7. The van der Waals surface area contributed by atoms with Gasteiger partial charge in [-0.1, -0.05) is 24.1 Å². The van der Waals surface area contributed by atoms with Crippen LogP contribution >= 0.6 is 22.7 Å². The molecule has 0 spiro atoms. The van der Waals surface area contributed by atoms with Crippen LogP contribution in [0, 0.1) is 6.92 Å². The maximum atomic E-state index is 6.40. The van der Waals surface area contributed by atoms with Gasteiger partial charge in [-0.25, -0.2) is 4.98 Å². The molecule has 5 nitrogen and oxygen atoms in total. The van der Waals surface area contributed by atoms with Crippen molar-refractivity contribution in [3.05, 3.63) is 29.0 Å². The summed E-state index contributed by atoms with van der Waals surface area (Å²) in [6.45, 7) is 1.97. The molecule has 114 valence electrons.